The van der Waals surface area contributed by atoms with Crippen LogP contribution in [0.25, 0.3) is 0 Å². The van der Waals surface area contributed by atoms with Crippen molar-refractivity contribution in [1.29, 1.82) is 0 Å². The van der Waals surface area contributed by atoms with E-state index in [1.165, 1.54) is 5.57 Å². The third-order valence-corrected chi connectivity index (χ3v) is 15.5. The van der Waals surface area contributed by atoms with Gasteiger partial charge >= 0.3 is 0 Å². The number of aliphatic hydroxyl groups is 7. The van der Waals surface area contributed by atoms with Gasteiger partial charge in [0.2, 0.25) is 0 Å². The zero-order valence-electron chi connectivity index (χ0n) is 28.6. The highest BCUT2D eigenvalue weighted by molar-refractivity contribution is 5.35. The predicted octanol–water partition coefficient (Wildman–Crippen LogP) is 2.76. The van der Waals surface area contributed by atoms with E-state index in [4.69, 9.17) is 9.47 Å². The molecule has 0 aromatic heterocycles. The Bertz CT molecular complexity index is 1170. The Hall–Kier alpha value is -0.620. The van der Waals surface area contributed by atoms with Crippen LogP contribution in [0, 0.1) is 56.7 Å². The van der Waals surface area contributed by atoms with Crippen molar-refractivity contribution >= 4 is 0 Å². The van der Waals surface area contributed by atoms with E-state index in [2.05, 4.69) is 61.5 Å². The number of aliphatic hydroxyl groups excluding tert-OH is 7. The molecule has 9 heteroatoms. The first kappa shape index (κ1) is 34.3. The van der Waals surface area contributed by atoms with Crippen molar-refractivity contribution in [3.63, 3.8) is 0 Å². The summed E-state index contributed by atoms with van der Waals surface area (Å²) in [7, 11) is 0. The number of rotatable bonds is 3. The first-order valence-corrected chi connectivity index (χ1v) is 17.5. The van der Waals surface area contributed by atoms with Gasteiger partial charge in [0.05, 0.1) is 31.0 Å². The summed E-state index contributed by atoms with van der Waals surface area (Å²) in [5.74, 6) is 0.683. The van der Waals surface area contributed by atoms with E-state index in [1.807, 2.05) is 0 Å². The highest BCUT2D eigenvalue weighted by Crippen LogP contribution is 2.75. The van der Waals surface area contributed by atoms with E-state index in [0.29, 0.717) is 25.7 Å². The molecule has 6 aliphatic rings. The Labute approximate surface area is 269 Å². The molecule has 5 fully saturated rings. The van der Waals surface area contributed by atoms with Gasteiger partial charge in [-0.3, -0.25) is 0 Å². The second kappa shape index (κ2) is 10.9. The normalized spacial score (nSPS) is 59.2. The molecule has 258 valence electrons. The highest BCUT2D eigenvalue weighted by atomic mass is 16.7. The Kier molecular flexibility index (Phi) is 8.33. The van der Waals surface area contributed by atoms with Crippen molar-refractivity contribution in [3.8, 4) is 0 Å². The monoisotopic (exact) mass is 636 g/mol. The second-order valence-corrected chi connectivity index (χ2v) is 17.8. The van der Waals surface area contributed by atoms with Crippen LogP contribution in [-0.2, 0) is 9.47 Å². The van der Waals surface area contributed by atoms with Gasteiger partial charge in [-0.15, -0.1) is 0 Å². The fourth-order valence-electron chi connectivity index (χ4n) is 12.7. The van der Waals surface area contributed by atoms with Crippen molar-refractivity contribution in [2.75, 3.05) is 6.61 Å². The lowest BCUT2D eigenvalue weighted by Gasteiger charge is -2.73. The van der Waals surface area contributed by atoms with Crippen LogP contribution in [0.15, 0.2) is 11.6 Å². The molecule has 6 rings (SSSR count). The summed E-state index contributed by atoms with van der Waals surface area (Å²) < 4.78 is 12.1. The summed E-state index contributed by atoms with van der Waals surface area (Å²) in [6, 6.07) is 0. The second-order valence-electron chi connectivity index (χ2n) is 17.8. The van der Waals surface area contributed by atoms with Gasteiger partial charge in [-0.05, 0) is 89.8 Å². The highest BCUT2D eigenvalue weighted by Gasteiger charge is 2.72. The average molecular weight is 637 g/mol. The largest absolute Gasteiger partial charge is 0.394 e. The van der Waals surface area contributed by atoms with Gasteiger partial charge in [0.25, 0.3) is 0 Å². The van der Waals surface area contributed by atoms with Crippen LogP contribution < -0.4 is 0 Å². The van der Waals surface area contributed by atoms with Crippen LogP contribution in [0.4, 0.5) is 0 Å². The van der Waals surface area contributed by atoms with E-state index < -0.39 is 67.1 Å². The molecule has 5 aliphatic carbocycles. The molecule has 0 amide bonds. The molecule has 1 heterocycles. The smallest absolute Gasteiger partial charge is 0.186 e. The zero-order valence-corrected chi connectivity index (χ0v) is 28.6. The van der Waals surface area contributed by atoms with E-state index in [-0.39, 0.29) is 51.2 Å². The standard InChI is InChI=1S/C36H60O9/c1-17-18(2)26-19-9-10-23-33(5)12-11-25(45-31-29(43)28(42)27(41)22(16-37)44-31)32(3,4)30(33)21(39)14-36(23,8)35(19,7)15-24(40)34(26,6)13-20(17)38/h9,17-18,20-31,37-43H,10-16H2,1-8H3/t17-,18-,20-,21+,22+,23+,24-,25-,26-,27+,28-,29+,30-,31-,33+,34+,35+,36+/m0/s1. The molecule has 7 N–H and O–H groups in total. The first-order chi connectivity index (χ1) is 20.8. The van der Waals surface area contributed by atoms with Gasteiger partial charge < -0.3 is 45.2 Å². The molecule has 0 radical (unpaired) electrons. The maximum Gasteiger partial charge on any atom is 0.186 e. The van der Waals surface area contributed by atoms with Crippen LogP contribution in [0.3, 0.4) is 0 Å². The lowest BCUT2D eigenvalue weighted by molar-refractivity contribution is -0.334. The number of fused-ring (bicyclic) bond motifs is 7. The van der Waals surface area contributed by atoms with E-state index in [1.54, 1.807) is 0 Å². The third kappa shape index (κ3) is 4.51. The SMILES string of the molecule is C[C@H]1[C@H](C)[C@@H](O)C[C@@]2(C)[C@@H]1C1=CC[C@@H]3[C@@]4(C)CC[C@H](O[C@@H]5O[C@H](CO)[C@@H](O)[C@H](O)[C@H]5O)C(C)(C)[C@@H]4[C@H](O)C[C@@]3(C)[C@]1(C)C[C@@H]2O. The van der Waals surface area contributed by atoms with Crippen molar-refractivity contribution in [1.82, 2.24) is 0 Å². The number of hydrogen-bond donors (Lipinski definition) is 7. The summed E-state index contributed by atoms with van der Waals surface area (Å²) in [5.41, 5.74) is -0.285. The summed E-state index contributed by atoms with van der Waals surface area (Å²) in [6.07, 6.45) is -1.99. The molecule has 18 atom stereocenters. The number of hydrogen-bond acceptors (Lipinski definition) is 9. The minimum Gasteiger partial charge on any atom is -0.394 e. The van der Waals surface area contributed by atoms with Crippen LogP contribution in [0.1, 0.15) is 93.9 Å². The maximum atomic E-state index is 12.3. The molecule has 0 unspecified atom stereocenters. The summed E-state index contributed by atoms with van der Waals surface area (Å²) >= 11 is 0. The van der Waals surface area contributed by atoms with Gasteiger partial charge in [0.1, 0.15) is 24.4 Å². The van der Waals surface area contributed by atoms with Gasteiger partial charge in [-0.2, -0.15) is 0 Å². The fourth-order valence-corrected chi connectivity index (χ4v) is 12.7. The Morgan fingerprint density at radius 1 is 0.822 bits per heavy atom. The average Bonchev–Trinajstić information content (AvgIpc) is 2.94. The first-order valence-electron chi connectivity index (χ1n) is 17.5. The number of allylic oxidation sites excluding steroid dienone is 2. The van der Waals surface area contributed by atoms with Crippen LogP contribution >= 0.6 is 0 Å². The molecule has 45 heavy (non-hydrogen) atoms. The van der Waals surface area contributed by atoms with Gasteiger partial charge in [-0.25, -0.2) is 0 Å². The van der Waals surface area contributed by atoms with Gasteiger partial charge in [0, 0.05) is 5.41 Å². The van der Waals surface area contributed by atoms with Gasteiger partial charge in [-0.1, -0.05) is 67.0 Å². The van der Waals surface area contributed by atoms with Crippen molar-refractivity contribution in [3.05, 3.63) is 11.6 Å². The molecule has 9 nitrogen and oxygen atoms in total. The molecule has 0 spiro atoms. The molecule has 0 aromatic carbocycles. The fraction of sp³-hybridized carbons (Fsp3) is 0.944. The predicted molar refractivity (Wildman–Crippen MR) is 167 cm³/mol. The topological polar surface area (TPSA) is 160 Å². The van der Waals surface area contributed by atoms with Crippen LogP contribution in [0.5, 0.6) is 0 Å². The summed E-state index contributed by atoms with van der Waals surface area (Å²) in [5, 5.41) is 76.2. The molecular weight excluding hydrogens is 576 g/mol. The molecular formula is C36H60O9. The molecule has 1 aliphatic heterocycles. The molecule has 4 saturated carbocycles. The lowest BCUT2D eigenvalue weighted by Crippen LogP contribution is -2.70. The number of ether oxygens (including phenoxy) is 2. The molecule has 1 saturated heterocycles. The quantitative estimate of drug-likeness (QED) is 0.183. The zero-order chi connectivity index (χ0) is 33.2. The van der Waals surface area contributed by atoms with Crippen molar-refractivity contribution < 1.29 is 45.2 Å². The van der Waals surface area contributed by atoms with Crippen molar-refractivity contribution in [2.24, 2.45) is 56.7 Å². The molecule has 0 aromatic rings. The van der Waals surface area contributed by atoms with E-state index in [0.717, 1.165) is 12.8 Å². The maximum absolute atomic E-state index is 12.3. The lowest BCUT2D eigenvalue weighted by atomic mass is 9.32. The van der Waals surface area contributed by atoms with E-state index >= 15 is 0 Å². The minimum atomic E-state index is -1.51. The van der Waals surface area contributed by atoms with Crippen LogP contribution in [-0.4, -0.2) is 97.5 Å². The van der Waals surface area contributed by atoms with E-state index in [9.17, 15) is 35.7 Å². The summed E-state index contributed by atoms with van der Waals surface area (Å²) in [6.45, 7) is 17.3. The minimum absolute atomic E-state index is 0.118. The Morgan fingerprint density at radius 3 is 2.13 bits per heavy atom. The Morgan fingerprint density at radius 2 is 1.49 bits per heavy atom. The van der Waals surface area contributed by atoms with Gasteiger partial charge in [0.15, 0.2) is 6.29 Å². The summed E-state index contributed by atoms with van der Waals surface area (Å²) in [4.78, 5) is 0. The van der Waals surface area contributed by atoms with Crippen molar-refractivity contribution in [2.45, 2.75) is 149 Å². The Balaban J connectivity index is 1.33. The molecule has 0 bridgehead atoms. The van der Waals surface area contributed by atoms with Crippen LogP contribution in [0.2, 0.25) is 0 Å². The third-order valence-electron chi connectivity index (χ3n) is 15.5.